The van der Waals surface area contributed by atoms with Crippen LogP contribution in [0, 0.1) is 0 Å². The van der Waals surface area contributed by atoms with Gasteiger partial charge in [0.25, 0.3) is 11.8 Å². The molecule has 1 fully saturated rings. The predicted molar refractivity (Wildman–Crippen MR) is 102 cm³/mol. The summed E-state index contributed by atoms with van der Waals surface area (Å²) in [6.07, 6.45) is 0. The van der Waals surface area contributed by atoms with Gasteiger partial charge < -0.3 is 5.32 Å². The molecular formula is C21H23N3O3. The summed E-state index contributed by atoms with van der Waals surface area (Å²) < 4.78 is 0. The summed E-state index contributed by atoms with van der Waals surface area (Å²) in [5.74, 6) is -1.05. The number of carbonyl (C=O) groups is 3. The van der Waals surface area contributed by atoms with E-state index in [9.17, 15) is 14.4 Å². The average Bonchev–Trinajstić information content (AvgIpc) is 2.86. The lowest BCUT2D eigenvalue weighted by Crippen LogP contribution is -2.47. The fraction of sp³-hybridized carbons (Fsp3) is 0.286. The second kappa shape index (κ2) is 6.54. The number of benzene rings is 2. The zero-order valence-corrected chi connectivity index (χ0v) is 15.9. The molecule has 2 aromatic carbocycles. The molecule has 1 aliphatic heterocycles. The molecule has 1 saturated heterocycles. The Morgan fingerprint density at radius 3 is 2.15 bits per heavy atom. The van der Waals surface area contributed by atoms with Crippen molar-refractivity contribution < 1.29 is 14.4 Å². The third kappa shape index (κ3) is 3.43. The van der Waals surface area contributed by atoms with E-state index in [4.69, 9.17) is 0 Å². The summed E-state index contributed by atoms with van der Waals surface area (Å²) in [6, 6.07) is 15.4. The molecule has 6 heteroatoms. The van der Waals surface area contributed by atoms with E-state index in [1.165, 1.54) is 0 Å². The lowest BCUT2D eigenvalue weighted by Gasteiger charge is -2.22. The van der Waals surface area contributed by atoms with Gasteiger partial charge in [-0.2, -0.15) is 5.01 Å². The molecule has 1 heterocycles. The zero-order valence-electron chi connectivity index (χ0n) is 15.9. The van der Waals surface area contributed by atoms with Crippen molar-refractivity contribution in [1.82, 2.24) is 15.8 Å². The Kier molecular flexibility index (Phi) is 4.51. The van der Waals surface area contributed by atoms with E-state index in [1.54, 1.807) is 43.3 Å². The summed E-state index contributed by atoms with van der Waals surface area (Å²) >= 11 is 0. The number of rotatable bonds is 3. The van der Waals surface area contributed by atoms with E-state index in [0.29, 0.717) is 11.1 Å². The molecule has 1 atom stereocenters. The lowest BCUT2D eigenvalue weighted by atomic mass is 9.87. The number of hydrazine groups is 1. The van der Waals surface area contributed by atoms with Gasteiger partial charge in [0.15, 0.2) is 0 Å². The van der Waals surface area contributed by atoms with E-state index < -0.39 is 23.4 Å². The maximum Gasteiger partial charge on any atom is 0.344 e. The molecule has 27 heavy (non-hydrogen) atoms. The van der Waals surface area contributed by atoms with Crippen molar-refractivity contribution in [2.75, 3.05) is 0 Å². The van der Waals surface area contributed by atoms with Gasteiger partial charge in [0.05, 0.1) is 0 Å². The number of nitrogens with one attached hydrogen (secondary N) is 2. The Labute approximate surface area is 158 Å². The smallest absolute Gasteiger partial charge is 0.318 e. The second-order valence-electron chi connectivity index (χ2n) is 7.83. The van der Waals surface area contributed by atoms with Gasteiger partial charge in [0, 0.05) is 5.56 Å². The van der Waals surface area contributed by atoms with E-state index >= 15 is 0 Å². The average molecular weight is 365 g/mol. The lowest BCUT2D eigenvalue weighted by molar-refractivity contribution is -0.132. The zero-order chi connectivity index (χ0) is 19.8. The third-order valence-electron chi connectivity index (χ3n) is 4.77. The molecular weight excluding hydrogens is 342 g/mol. The molecule has 140 valence electrons. The van der Waals surface area contributed by atoms with E-state index in [-0.39, 0.29) is 5.41 Å². The molecule has 1 unspecified atom stereocenters. The Morgan fingerprint density at radius 2 is 1.59 bits per heavy atom. The Morgan fingerprint density at radius 1 is 1.00 bits per heavy atom. The Bertz CT molecular complexity index is 885. The van der Waals surface area contributed by atoms with Crippen LogP contribution in [-0.4, -0.2) is 22.9 Å². The number of nitrogens with zero attached hydrogens (tertiary/aromatic N) is 1. The van der Waals surface area contributed by atoms with E-state index in [0.717, 1.165) is 10.6 Å². The third-order valence-corrected chi connectivity index (χ3v) is 4.77. The highest BCUT2D eigenvalue weighted by atomic mass is 16.2. The summed E-state index contributed by atoms with van der Waals surface area (Å²) in [5, 5.41) is 3.40. The van der Waals surface area contributed by atoms with Crippen LogP contribution in [0.4, 0.5) is 4.79 Å². The van der Waals surface area contributed by atoms with Crippen molar-refractivity contribution in [2.24, 2.45) is 0 Å². The monoisotopic (exact) mass is 365 g/mol. The summed E-state index contributed by atoms with van der Waals surface area (Å²) in [6.45, 7) is 7.87. The Balaban J connectivity index is 1.78. The van der Waals surface area contributed by atoms with Gasteiger partial charge in [0.1, 0.15) is 5.54 Å². The van der Waals surface area contributed by atoms with Crippen LogP contribution in [0.25, 0.3) is 0 Å². The quantitative estimate of drug-likeness (QED) is 0.821. The van der Waals surface area contributed by atoms with Crippen molar-refractivity contribution >= 4 is 17.8 Å². The van der Waals surface area contributed by atoms with Crippen LogP contribution < -0.4 is 10.7 Å². The Hall–Kier alpha value is -3.15. The first-order chi connectivity index (χ1) is 12.6. The maximum atomic E-state index is 12.8. The number of carbonyl (C=O) groups excluding carboxylic acids is 3. The minimum Gasteiger partial charge on any atom is -0.318 e. The molecule has 0 spiro atoms. The van der Waals surface area contributed by atoms with Gasteiger partial charge in [-0.25, -0.2) is 4.79 Å². The van der Waals surface area contributed by atoms with Gasteiger partial charge in [0.2, 0.25) is 0 Å². The van der Waals surface area contributed by atoms with Crippen molar-refractivity contribution in [3.63, 3.8) is 0 Å². The van der Waals surface area contributed by atoms with E-state index in [1.807, 2.05) is 18.2 Å². The SMILES string of the molecule is CC(C)(C)c1ccc(C(=O)NN2C(=O)NC(C)(c3ccccc3)C2=O)cc1. The molecule has 0 saturated carbocycles. The number of imide groups is 1. The highest BCUT2D eigenvalue weighted by Crippen LogP contribution is 2.28. The fourth-order valence-corrected chi connectivity index (χ4v) is 3.00. The van der Waals surface area contributed by atoms with Crippen LogP contribution in [0.3, 0.4) is 0 Å². The first kappa shape index (κ1) is 18.6. The minimum atomic E-state index is -1.22. The van der Waals surface area contributed by atoms with Gasteiger partial charge >= 0.3 is 6.03 Å². The van der Waals surface area contributed by atoms with Crippen molar-refractivity contribution in [2.45, 2.75) is 38.6 Å². The first-order valence-corrected chi connectivity index (χ1v) is 8.77. The standard InChI is InChI=1S/C21H23N3O3/c1-20(2,3)15-12-10-14(11-13-15)17(25)23-24-18(26)21(4,22-19(24)27)16-8-6-5-7-9-16/h5-13H,1-4H3,(H,22,27)(H,23,25). The van der Waals surface area contributed by atoms with Crippen molar-refractivity contribution in [3.8, 4) is 0 Å². The number of hydrogen-bond donors (Lipinski definition) is 2. The van der Waals surface area contributed by atoms with Crippen molar-refractivity contribution in [3.05, 3.63) is 71.3 Å². The largest absolute Gasteiger partial charge is 0.344 e. The van der Waals surface area contributed by atoms with Crippen LogP contribution in [-0.2, 0) is 15.7 Å². The normalized spacial score (nSPS) is 19.8. The molecule has 6 nitrogen and oxygen atoms in total. The van der Waals surface area contributed by atoms with Crippen LogP contribution in [0.1, 0.15) is 49.2 Å². The fourth-order valence-electron chi connectivity index (χ4n) is 3.00. The molecule has 0 bridgehead atoms. The molecule has 4 amide bonds. The molecule has 0 aromatic heterocycles. The molecule has 1 aliphatic rings. The van der Waals surface area contributed by atoms with Crippen LogP contribution in [0.5, 0.6) is 0 Å². The molecule has 0 aliphatic carbocycles. The highest BCUT2D eigenvalue weighted by molar-refractivity contribution is 6.09. The minimum absolute atomic E-state index is 0.0304. The summed E-state index contributed by atoms with van der Waals surface area (Å²) in [5.41, 5.74) is 3.27. The van der Waals surface area contributed by atoms with Crippen molar-refractivity contribution in [1.29, 1.82) is 0 Å². The number of hydrogen-bond acceptors (Lipinski definition) is 3. The van der Waals surface area contributed by atoms with Gasteiger partial charge in [-0.3, -0.25) is 15.0 Å². The molecule has 3 rings (SSSR count). The molecule has 2 N–H and O–H groups in total. The summed E-state index contributed by atoms with van der Waals surface area (Å²) in [7, 11) is 0. The number of urea groups is 1. The van der Waals surface area contributed by atoms with Crippen LogP contribution in [0.2, 0.25) is 0 Å². The second-order valence-corrected chi connectivity index (χ2v) is 7.83. The van der Waals surface area contributed by atoms with Gasteiger partial charge in [-0.1, -0.05) is 63.2 Å². The summed E-state index contributed by atoms with van der Waals surface area (Å²) in [4.78, 5) is 37.6. The topological polar surface area (TPSA) is 78.5 Å². The number of amides is 4. The predicted octanol–water partition coefficient (Wildman–Crippen LogP) is 3.10. The van der Waals surface area contributed by atoms with Crippen LogP contribution >= 0.6 is 0 Å². The molecule has 2 aromatic rings. The highest BCUT2D eigenvalue weighted by Gasteiger charge is 2.50. The van der Waals surface area contributed by atoms with Gasteiger partial charge in [-0.05, 0) is 35.6 Å². The first-order valence-electron chi connectivity index (χ1n) is 8.77. The van der Waals surface area contributed by atoms with Gasteiger partial charge in [-0.15, -0.1) is 0 Å². The van der Waals surface area contributed by atoms with E-state index in [2.05, 4.69) is 31.5 Å². The van der Waals surface area contributed by atoms with Crippen LogP contribution in [0.15, 0.2) is 54.6 Å². The maximum absolute atomic E-state index is 12.8. The molecule has 0 radical (unpaired) electrons.